The van der Waals surface area contributed by atoms with E-state index in [1.807, 2.05) is 0 Å². The Morgan fingerprint density at radius 1 is 1.40 bits per heavy atom. The summed E-state index contributed by atoms with van der Waals surface area (Å²) in [7, 11) is 0. The van der Waals surface area contributed by atoms with Crippen LogP contribution in [0.15, 0.2) is 24.3 Å². The molecule has 1 aliphatic rings. The summed E-state index contributed by atoms with van der Waals surface area (Å²) in [6, 6.07) is 6.47. The maximum Gasteiger partial charge on any atom is 0.255 e. The monoisotopic (exact) mass is 292 g/mol. The van der Waals surface area contributed by atoms with Crippen LogP contribution >= 0.6 is 12.2 Å². The lowest BCUT2D eigenvalue weighted by Gasteiger charge is -2.39. The van der Waals surface area contributed by atoms with E-state index in [2.05, 4.69) is 12.2 Å². The van der Waals surface area contributed by atoms with Crippen LogP contribution in [0, 0.1) is 5.92 Å². The molecule has 1 aromatic carbocycles. The first-order valence-electron chi connectivity index (χ1n) is 6.85. The minimum absolute atomic E-state index is 0.0349. The second kappa shape index (κ2) is 5.79. The number of nitrogens with one attached hydrogen (secondary N) is 1. The number of para-hydroxylation sites is 1. The third-order valence-electron chi connectivity index (χ3n) is 4.10. The fraction of sp³-hybridized carbons (Fsp3) is 0.467. The van der Waals surface area contributed by atoms with Gasteiger partial charge in [0.1, 0.15) is 5.75 Å². The Balaban J connectivity index is 2.19. The maximum absolute atomic E-state index is 12.3. The van der Waals surface area contributed by atoms with E-state index in [-0.39, 0.29) is 17.2 Å². The summed E-state index contributed by atoms with van der Waals surface area (Å²) in [5.74, 6) is 0.261. The lowest BCUT2D eigenvalue weighted by molar-refractivity contribution is 0.0898. The Bertz CT molecular complexity index is 522. The average molecular weight is 292 g/mol. The number of rotatable bonds is 3. The van der Waals surface area contributed by atoms with Crippen LogP contribution in [-0.4, -0.2) is 21.5 Å². The Kier molecular flexibility index (Phi) is 4.28. The third-order valence-corrected chi connectivity index (χ3v) is 4.49. The van der Waals surface area contributed by atoms with Gasteiger partial charge in [-0.15, -0.1) is 0 Å². The average Bonchev–Trinajstić information content (AvgIpc) is 2.41. The molecule has 4 N–H and O–H groups in total. The molecule has 5 heteroatoms. The molecule has 2 rings (SSSR count). The van der Waals surface area contributed by atoms with E-state index in [9.17, 15) is 9.90 Å². The van der Waals surface area contributed by atoms with Crippen molar-refractivity contribution in [2.45, 2.75) is 38.1 Å². The molecule has 1 aromatic rings. The first-order chi connectivity index (χ1) is 9.44. The van der Waals surface area contributed by atoms with Crippen molar-refractivity contribution in [2.75, 3.05) is 0 Å². The minimum atomic E-state index is -0.624. The van der Waals surface area contributed by atoms with Crippen molar-refractivity contribution in [1.29, 1.82) is 0 Å². The summed E-state index contributed by atoms with van der Waals surface area (Å²) in [5.41, 5.74) is 5.49. The van der Waals surface area contributed by atoms with Gasteiger partial charge in [0.05, 0.1) is 16.1 Å². The van der Waals surface area contributed by atoms with Crippen molar-refractivity contribution in [3.8, 4) is 5.75 Å². The highest BCUT2D eigenvalue weighted by Gasteiger charge is 2.38. The number of benzene rings is 1. The van der Waals surface area contributed by atoms with Gasteiger partial charge in [0, 0.05) is 0 Å². The highest BCUT2D eigenvalue weighted by Crippen LogP contribution is 2.33. The van der Waals surface area contributed by atoms with Crippen LogP contribution < -0.4 is 11.1 Å². The van der Waals surface area contributed by atoms with Crippen molar-refractivity contribution in [3.05, 3.63) is 29.8 Å². The molecule has 4 nitrogen and oxygen atoms in total. The first-order valence-corrected chi connectivity index (χ1v) is 7.26. The van der Waals surface area contributed by atoms with E-state index in [0.29, 0.717) is 10.9 Å². The summed E-state index contributed by atoms with van der Waals surface area (Å²) in [5, 5.41) is 12.7. The molecule has 0 atom stereocenters. The van der Waals surface area contributed by atoms with E-state index in [0.717, 1.165) is 25.7 Å². The molecule has 1 fully saturated rings. The normalized spacial score (nSPS) is 25.9. The van der Waals surface area contributed by atoms with Gasteiger partial charge in [-0.25, -0.2) is 0 Å². The molecule has 0 saturated heterocycles. The number of carbonyl (C=O) groups excluding carboxylic acids is 1. The zero-order valence-electron chi connectivity index (χ0n) is 11.6. The van der Waals surface area contributed by atoms with Gasteiger partial charge < -0.3 is 16.2 Å². The maximum atomic E-state index is 12.3. The first kappa shape index (κ1) is 14.8. The smallest absolute Gasteiger partial charge is 0.255 e. The van der Waals surface area contributed by atoms with Crippen LogP contribution in [0.3, 0.4) is 0 Å². The zero-order chi connectivity index (χ0) is 14.8. The SMILES string of the molecule is CC1CCC(NC(=O)c2ccccc2O)(C(N)=S)CC1. The van der Waals surface area contributed by atoms with Crippen molar-refractivity contribution in [3.63, 3.8) is 0 Å². The number of thiocarbonyl (C=S) groups is 1. The van der Waals surface area contributed by atoms with E-state index in [1.54, 1.807) is 18.2 Å². The highest BCUT2D eigenvalue weighted by atomic mass is 32.1. The molecule has 1 saturated carbocycles. The van der Waals surface area contributed by atoms with E-state index < -0.39 is 5.54 Å². The van der Waals surface area contributed by atoms with Gasteiger partial charge in [-0.05, 0) is 43.7 Å². The molecule has 108 valence electrons. The molecule has 1 aliphatic carbocycles. The highest BCUT2D eigenvalue weighted by molar-refractivity contribution is 7.80. The number of hydrogen-bond donors (Lipinski definition) is 3. The summed E-state index contributed by atoms with van der Waals surface area (Å²) >= 11 is 5.17. The number of phenols is 1. The number of phenolic OH excluding ortho intramolecular Hbond substituents is 1. The van der Waals surface area contributed by atoms with Crippen molar-refractivity contribution >= 4 is 23.1 Å². The molecule has 0 aliphatic heterocycles. The van der Waals surface area contributed by atoms with E-state index in [1.165, 1.54) is 6.07 Å². The molecule has 0 aromatic heterocycles. The molecule has 0 bridgehead atoms. The number of aromatic hydroxyl groups is 1. The standard InChI is InChI=1S/C15H20N2O2S/c1-10-6-8-15(9-7-10,14(16)20)17-13(19)11-4-2-3-5-12(11)18/h2-5,10,18H,6-9H2,1H3,(H2,16,20)(H,17,19). The predicted octanol–water partition coefficient (Wildman–Crippen LogP) is 2.36. The largest absolute Gasteiger partial charge is 0.507 e. The predicted molar refractivity (Wildman–Crippen MR) is 82.7 cm³/mol. The topological polar surface area (TPSA) is 75.3 Å². The van der Waals surface area contributed by atoms with Crippen LogP contribution in [0.25, 0.3) is 0 Å². The van der Waals surface area contributed by atoms with Gasteiger partial charge in [0.25, 0.3) is 5.91 Å². The second-order valence-corrected chi connectivity index (χ2v) is 6.04. The molecule has 0 spiro atoms. The van der Waals surface area contributed by atoms with Crippen LogP contribution in [0.5, 0.6) is 5.75 Å². The second-order valence-electron chi connectivity index (χ2n) is 5.60. The van der Waals surface area contributed by atoms with E-state index >= 15 is 0 Å². The summed E-state index contributed by atoms with van der Waals surface area (Å²) in [6.45, 7) is 2.19. The molecular formula is C15H20N2O2S. The Hall–Kier alpha value is -1.62. The fourth-order valence-electron chi connectivity index (χ4n) is 2.64. The molecule has 20 heavy (non-hydrogen) atoms. The van der Waals surface area contributed by atoms with Gasteiger partial charge in [0.15, 0.2) is 0 Å². The molecule has 0 radical (unpaired) electrons. The van der Waals surface area contributed by atoms with E-state index in [4.69, 9.17) is 18.0 Å². The number of hydrogen-bond acceptors (Lipinski definition) is 3. The molecule has 1 amide bonds. The Morgan fingerprint density at radius 2 is 2.00 bits per heavy atom. The van der Waals surface area contributed by atoms with Gasteiger partial charge in [-0.2, -0.15) is 0 Å². The lowest BCUT2D eigenvalue weighted by Crippen LogP contribution is -2.58. The van der Waals surface area contributed by atoms with Crippen LogP contribution in [-0.2, 0) is 0 Å². The number of carbonyl (C=O) groups is 1. The van der Waals surface area contributed by atoms with Crippen molar-refractivity contribution < 1.29 is 9.90 Å². The summed E-state index contributed by atoms with van der Waals surface area (Å²) < 4.78 is 0. The molecule has 0 heterocycles. The van der Waals surface area contributed by atoms with Crippen LogP contribution in [0.4, 0.5) is 0 Å². The van der Waals surface area contributed by atoms with Crippen LogP contribution in [0.1, 0.15) is 43.0 Å². The minimum Gasteiger partial charge on any atom is -0.507 e. The van der Waals surface area contributed by atoms with Gasteiger partial charge in [-0.1, -0.05) is 31.3 Å². The molecule has 0 unspecified atom stereocenters. The zero-order valence-corrected chi connectivity index (χ0v) is 12.4. The summed E-state index contributed by atoms with van der Waals surface area (Å²) in [4.78, 5) is 12.7. The molecular weight excluding hydrogens is 272 g/mol. The van der Waals surface area contributed by atoms with Gasteiger partial charge in [-0.3, -0.25) is 4.79 Å². The number of nitrogens with two attached hydrogens (primary N) is 1. The van der Waals surface area contributed by atoms with Crippen LogP contribution in [0.2, 0.25) is 0 Å². The fourth-order valence-corrected chi connectivity index (χ4v) is 2.89. The summed E-state index contributed by atoms with van der Waals surface area (Å²) in [6.07, 6.45) is 3.47. The van der Waals surface area contributed by atoms with Gasteiger partial charge >= 0.3 is 0 Å². The third kappa shape index (κ3) is 2.93. The van der Waals surface area contributed by atoms with Crippen molar-refractivity contribution in [1.82, 2.24) is 5.32 Å². The van der Waals surface area contributed by atoms with Gasteiger partial charge in [0.2, 0.25) is 0 Å². The quantitative estimate of drug-likeness (QED) is 0.748. The van der Waals surface area contributed by atoms with Crippen molar-refractivity contribution in [2.24, 2.45) is 11.7 Å². The Morgan fingerprint density at radius 3 is 2.55 bits per heavy atom. The Labute approximate surface area is 124 Å². The lowest BCUT2D eigenvalue weighted by atomic mass is 9.77. The number of amides is 1.